The highest BCUT2D eigenvalue weighted by Crippen LogP contribution is 2.21. The standard InChI is InChI=1S/C15H23N3O3/c1-9(2)13(15(20)21-5)17-14(19)11-8-10(16)6-7-12(11)18(3)4/h6-9,13H,16H2,1-5H3,(H,17,19). The molecule has 1 atom stereocenters. The lowest BCUT2D eigenvalue weighted by Crippen LogP contribution is -2.45. The Balaban J connectivity index is 3.08. The largest absolute Gasteiger partial charge is 0.467 e. The first-order chi connectivity index (χ1) is 9.77. The number of anilines is 2. The summed E-state index contributed by atoms with van der Waals surface area (Å²) in [6, 6.07) is 4.40. The Hall–Kier alpha value is -2.24. The van der Waals surface area contributed by atoms with E-state index in [1.807, 2.05) is 32.8 Å². The topological polar surface area (TPSA) is 84.7 Å². The third-order valence-electron chi connectivity index (χ3n) is 3.16. The molecule has 0 aliphatic carbocycles. The SMILES string of the molecule is COC(=O)C(NC(=O)c1cc(N)ccc1N(C)C)C(C)C. The lowest BCUT2D eigenvalue weighted by atomic mass is 10.0. The molecule has 0 aromatic heterocycles. The number of carbonyl (C=O) groups excluding carboxylic acids is 2. The molecule has 0 heterocycles. The number of esters is 1. The minimum Gasteiger partial charge on any atom is -0.467 e. The van der Waals surface area contributed by atoms with Crippen LogP contribution in [-0.4, -0.2) is 39.1 Å². The van der Waals surface area contributed by atoms with Crippen molar-refractivity contribution in [1.82, 2.24) is 5.32 Å². The summed E-state index contributed by atoms with van der Waals surface area (Å²) in [4.78, 5) is 26.0. The van der Waals surface area contributed by atoms with Crippen molar-refractivity contribution in [1.29, 1.82) is 0 Å². The molecule has 0 saturated carbocycles. The second kappa shape index (κ2) is 6.97. The van der Waals surface area contributed by atoms with Crippen molar-refractivity contribution in [3.63, 3.8) is 0 Å². The van der Waals surface area contributed by atoms with Gasteiger partial charge in [-0.25, -0.2) is 4.79 Å². The van der Waals surface area contributed by atoms with Gasteiger partial charge in [-0.3, -0.25) is 4.79 Å². The van der Waals surface area contributed by atoms with Crippen LogP contribution >= 0.6 is 0 Å². The first-order valence-corrected chi connectivity index (χ1v) is 6.73. The van der Waals surface area contributed by atoms with Gasteiger partial charge in [0.2, 0.25) is 0 Å². The van der Waals surface area contributed by atoms with Crippen LogP contribution in [0.5, 0.6) is 0 Å². The summed E-state index contributed by atoms with van der Waals surface area (Å²) in [6.45, 7) is 3.68. The van der Waals surface area contributed by atoms with Gasteiger partial charge in [0.05, 0.1) is 12.7 Å². The van der Waals surface area contributed by atoms with Crippen molar-refractivity contribution >= 4 is 23.3 Å². The lowest BCUT2D eigenvalue weighted by molar-refractivity contribution is -0.144. The number of hydrogen-bond donors (Lipinski definition) is 2. The van der Waals surface area contributed by atoms with E-state index in [1.54, 1.807) is 18.2 Å². The molecule has 0 aliphatic heterocycles. The molecule has 1 aromatic carbocycles. The normalized spacial score (nSPS) is 11.9. The van der Waals surface area contributed by atoms with Gasteiger partial charge in [0.1, 0.15) is 6.04 Å². The minimum absolute atomic E-state index is 0.0785. The van der Waals surface area contributed by atoms with E-state index >= 15 is 0 Å². The zero-order valence-electron chi connectivity index (χ0n) is 13.1. The molecule has 1 aromatic rings. The Morgan fingerprint density at radius 3 is 2.38 bits per heavy atom. The van der Waals surface area contributed by atoms with Crippen LogP contribution in [-0.2, 0) is 9.53 Å². The first-order valence-electron chi connectivity index (χ1n) is 6.73. The van der Waals surface area contributed by atoms with Gasteiger partial charge in [-0.1, -0.05) is 13.8 Å². The number of ether oxygens (including phenoxy) is 1. The van der Waals surface area contributed by atoms with Crippen molar-refractivity contribution in [2.75, 3.05) is 31.8 Å². The molecule has 0 fully saturated rings. The molecule has 0 spiro atoms. The summed E-state index contributed by atoms with van der Waals surface area (Å²) in [5.41, 5.74) is 7.40. The molecule has 1 rings (SSSR count). The highest BCUT2D eigenvalue weighted by atomic mass is 16.5. The van der Waals surface area contributed by atoms with Crippen molar-refractivity contribution in [2.24, 2.45) is 5.92 Å². The van der Waals surface area contributed by atoms with Crippen LogP contribution in [0.2, 0.25) is 0 Å². The number of carbonyl (C=O) groups is 2. The fourth-order valence-electron chi connectivity index (χ4n) is 1.97. The molecule has 0 bridgehead atoms. The summed E-state index contributed by atoms with van der Waals surface area (Å²) in [5, 5.41) is 2.71. The minimum atomic E-state index is -0.695. The van der Waals surface area contributed by atoms with Crippen LogP contribution < -0.4 is 16.0 Å². The first kappa shape index (κ1) is 16.8. The van der Waals surface area contributed by atoms with Crippen molar-refractivity contribution < 1.29 is 14.3 Å². The number of nitrogens with zero attached hydrogens (tertiary/aromatic N) is 1. The monoisotopic (exact) mass is 293 g/mol. The van der Waals surface area contributed by atoms with Crippen LogP contribution in [0.1, 0.15) is 24.2 Å². The maximum atomic E-state index is 12.5. The highest BCUT2D eigenvalue weighted by molar-refractivity contribution is 6.02. The van der Waals surface area contributed by atoms with Crippen molar-refractivity contribution in [3.8, 4) is 0 Å². The Morgan fingerprint density at radius 2 is 1.90 bits per heavy atom. The average molecular weight is 293 g/mol. The van der Waals surface area contributed by atoms with Gasteiger partial charge in [-0.05, 0) is 24.1 Å². The Kier molecular flexibility index (Phi) is 5.58. The predicted octanol–water partition coefficient (Wildman–Crippen LogP) is 1.26. The zero-order chi connectivity index (χ0) is 16.2. The van der Waals surface area contributed by atoms with E-state index in [0.29, 0.717) is 11.3 Å². The van der Waals surface area contributed by atoms with Gasteiger partial charge in [0, 0.05) is 25.5 Å². The second-order valence-electron chi connectivity index (χ2n) is 5.39. The van der Waals surface area contributed by atoms with E-state index in [1.165, 1.54) is 7.11 Å². The summed E-state index contributed by atoms with van der Waals surface area (Å²) in [5.74, 6) is -0.894. The fourth-order valence-corrected chi connectivity index (χ4v) is 1.97. The smallest absolute Gasteiger partial charge is 0.328 e. The van der Waals surface area contributed by atoms with E-state index in [-0.39, 0.29) is 11.8 Å². The maximum Gasteiger partial charge on any atom is 0.328 e. The summed E-state index contributed by atoms with van der Waals surface area (Å²) >= 11 is 0. The quantitative estimate of drug-likeness (QED) is 0.630. The van der Waals surface area contributed by atoms with E-state index in [0.717, 1.165) is 5.69 Å². The lowest BCUT2D eigenvalue weighted by Gasteiger charge is -2.22. The molecule has 1 unspecified atom stereocenters. The number of amides is 1. The van der Waals surface area contributed by atoms with E-state index < -0.39 is 12.0 Å². The molecule has 0 aliphatic rings. The molecule has 21 heavy (non-hydrogen) atoms. The molecular formula is C15H23N3O3. The Labute approximate surface area is 125 Å². The Bertz CT molecular complexity index is 527. The predicted molar refractivity (Wildman–Crippen MR) is 83.3 cm³/mol. The van der Waals surface area contributed by atoms with E-state index in [2.05, 4.69) is 5.32 Å². The molecular weight excluding hydrogens is 270 g/mol. The van der Waals surface area contributed by atoms with E-state index in [4.69, 9.17) is 10.5 Å². The number of benzene rings is 1. The summed E-state index contributed by atoms with van der Waals surface area (Å²) in [6.07, 6.45) is 0. The average Bonchev–Trinajstić information content (AvgIpc) is 2.42. The van der Waals surface area contributed by atoms with Gasteiger partial charge in [-0.15, -0.1) is 0 Å². The molecule has 1 amide bonds. The van der Waals surface area contributed by atoms with Crippen LogP contribution in [0, 0.1) is 5.92 Å². The third kappa shape index (κ3) is 4.11. The van der Waals surface area contributed by atoms with E-state index in [9.17, 15) is 9.59 Å². The second-order valence-corrected chi connectivity index (χ2v) is 5.39. The summed E-state index contributed by atoms with van der Waals surface area (Å²) < 4.78 is 4.72. The molecule has 6 nitrogen and oxygen atoms in total. The van der Waals surface area contributed by atoms with Gasteiger partial charge in [0.15, 0.2) is 0 Å². The molecule has 3 N–H and O–H groups in total. The third-order valence-corrected chi connectivity index (χ3v) is 3.16. The van der Waals surface area contributed by atoms with Gasteiger partial charge >= 0.3 is 5.97 Å². The number of nitrogens with two attached hydrogens (primary N) is 1. The number of methoxy groups -OCH3 is 1. The molecule has 0 radical (unpaired) electrons. The van der Waals surface area contributed by atoms with Crippen molar-refractivity contribution in [3.05, 3.63) is 23.8 Å². The number of rotatable bonds is 5. The fraction of sp³-hybridized carbons (Fsp3) is 0.467. The van der Waals surface area contributed by atoms with Crippen LogP contribution in [0.3, 0.4) is 0 Å². The number of nitrogen functional groups attached to an aromatic ring is 1. The molecule has 0 saturated heterocycles. The maximum absolute atomic E-state index is 12.5. The highest BCUT2D eigenvalue weighted by Gasteiger charge is 2.26. The van der Waals surface area contributed by atoms with Gasteiger partial charge in [0.25, 0.3) is 5.91 Å². The molecule has 116 valence electrons. The van der Waals surface area contributed by atoms with Crippen LogP contribution in [0.4, 0.5) is 11.4 Å². The molecule has 6 heteroatoms. The number of nitrogens with one attached hydrogen (secondary N) is 1. The van der Waals surface area contributed by atoms with Crippen LogP contribution in [0.15, 0.2) is 18.2 Å². The van der Waals surface area contributed by atoms with Gasteiger partial charge in [-0.2, -0.15) is 0 Å². The van der Waals surface area contributed by atoms with Crippen LogP contribution in [0.25, 0.3) is 0 Å². The Morgan fingerprint density at radius 1 is 1.29 bits per heavy atom. The number of hydrogen-bond acceptors (Lipinski definition) is 5. The summed E-state index contributed by atoms with van der Waals surface area (Å²) in [7, 11) is 4.97. The van der Waals surface area contributed by atoms with Crippen molar-refractivity contribution in [2.45, 2.75) is 19.9 Å². The van der Waals surface area contributed by atoms with Gasteiger partial charge < -0.3 is 20.7 Å². The zero-order valence-corrected chi connectivity index (χ0v) is 13.1.